The number of rotatable bonds is 6. The van der Waals surface area contributed by atoms with E-state index in [0.717, 1.165) is 11.0 Å². The van der Waals surface area contributed by atoms with Crippen LogP contribution in [0.25, 0.3) is 0 Å². The van der Waals surface area contributed by atoms with Crippen LogP contribution in [0, 0.1) is 17.0 Å². The zero-order valence-electron chi connectivity index (χ0n) is 9.71. The third-order valence-electron chi connectivity index (χ3n) is 2.31. The van der Waals surface area contributed by atoms with Crippen molar-refractivity contribution < 1.29 is 18.8 Å². The number of halogens is 2. The highest BCUT2D eigenvalue weighted by atomic mass is 19.3. The molecule has 0 radical (unpaired) electrons. The molecule has 0 atom stereocenters. The van der Waals surface area contributed by atoms with Gasteiger partial charge in [0.05, 0.1) is 24.1 Å². The number of aromatic nitrogens is 1. The molecule has 0 unspecified atom stereocenters. The minimum absolute atomic E-state index is 0.0571. The van der Waals surface area contributed by atoms with E-state index in [-0.39, 0.29) is 24.7 Å². The molecule has 0 spiro atoms. The maximum atomic E-state index is 12.3. The molecule has 0 saturated heterocycles. The van der Waals surface area contributed by atoms with E-state index in [1.165, 1.54) is 13.1 Å². The molecule has 0 bridgehead atoms. The largest absolute Gasteiger partial charge is 0.395 e. The summed E-state index contributed by atoms with van der Waals surface area (Å²) in [5.41, 5.74) is 0.168. The van der Waals surface area contributed by atoms with Crippen LogP contribution >= 0.6 is 0 Å². The fourth-order valence-electron chi connectivity index (χ4n) is 1.46. The van der Waals surface area contributed by atoms with Crippen LogP contribution in [0.1, 0.15) is 5.56 Å². The first-order chi connectivity index (χ1) is 8.45. The molecule has 1 aromatic heterocycles. The van der Waals surface area contributed by atoms with Gasteiger partial charge in [0, 0.05) is 18.3 Å². The monoisotopic (exact) mass is 261 g/mol. The van der Waals surface area contributed by atoms with Crippen molar-refractivity contribution in [2.45, 2.75) is 13.3 Å². The fraction of sp³-hybridized carbons (Fsp3) is 0.500. The van der Waals surface area contributed by atoms with Crippen molar-refractivity contribution in [3.8, 4) is 0 Å². The summed E-state index contributed by atoms with van der Waals surface area (Å²) in [6, 6.07) is 1.13. The Bertz CT molecular complexity index is 429. The first kappa shape index (κ1) is 14.2. The van der Waals surface area contributed by atoms with E-state index in [2.05, 4.69) is 4.98 Å². The molecule has 0 aliphatic rings. The van der Waals surface area contributed by atoms with E-state index in [0.29, 0.717) is 5.56 Å². The molecule has 0 aromatic carbocycles. The van der Waals surface area contributed by atoms with Gasteiger partial charge < -0.3 is 10.0 Å². The topological polar surface area (TPSA) is 79.5 Å². The van der Waals surface area contributed by atoms with Gasteiger partial charge in [0.15, 0.2) is 0 Å². The first-order valence-electron chi connectivity index (χ1n) is 5.20. The molecule has 0 aliphatic heterocycles. The summed E-state index contributed by atoms with van der Waals surface area (Å²) in [4.78, 5) is 15.1. The first-order valence-corrected chi connectivity index (χ1v) is 5.20. The molecule has 8 heteroatoms. The summed E-state index contributed by atoms with van der Waals surface area (Å²) in [5, 5.41) is 19.5. The van der Waals surface area contributed by atoms with Gasteiger partial charge in [-0.05, 0) is 6.92 Å². The van der Waals surface area contributed by atoms with Gasteiger partial charge >= 0.3 is 0 Å². The van der Waals surface area contributed by atoms with Gasteiger partial charge in [-0.3, -0.25) is 10.1 Å². The molecular formula is C10H13F2N3O3. The number of aliphatic hydroxyl groups excluding tert-OH is 1. The molecule has 1 heterocycles. The smallest absolute Gasteiger partial charge is 0.277 e. The van der Waals surface area contributed by atoms with Gasteiger partial charge in [-0.2, -0.15) is 0 Å². The summed E-state index contributed by atoms with van der Waals surface area (Å²) in [5.74, 6) is 0.0571. The Kier molecular flexibility index (Phi) is 4.90. The Morgan fingerprint density at radius 3 is 2.78 bits per heavy atom. The van der Waals surface area contributed by atoms with Crippen LogP contribution in [0.15, 0.2) is 12.3 Å². The average molecular weight is 261 g/mol. The van der Waals surface area contributed by atoms with Crippen molar-refractivity contribution in [1.29, 1.82) is 0 Å². The molecule has 6 nitrogen and oxygen atoms in total. The van der Waals surface area contributed by atoms with Gasteiger partial charge in [0.2, 0.25) is 0 Å². The van der Waals surface area contributed by atoms with Crippen LogP contribution in [-0.2, 0) is 0 Å². The maximum Gasteiger partial charge on any atom is 0.277 e. The summed E-state index contributed by atoms with van der Waals surface area (Å²) < 4.78 is 24.7. The lowest BCUT2D eigenvalue weighted by atomic mass is 10.2. The molecule has 1 rings (SSSR count). The predicted octanol–water partition coefficient (Wildman–Crippen LogP) is 1.36. The lowest BCUT2D eigenvalue weighted by molar-refractivity contribution is -0.385. The van der Waals surface area contributed by atoms with Gasteiger partial charge in [0.25, 0.3) is 12.1 Å². The van der Waals surface area contributed by atoms with Crippen LogP contribution in [0.3, 0.4) is 0 Å². The van der Waals surface area contributed by atoms with Crippen LogP contribution in [0.4, 0.5) is 20.3 Å². The molecule has 0 amide bonds. The van der Waals surface area contributed by atoms with E-state index in [1.54, 1.807) is 0 Å². The van der Waals surface area contributed by atoms with E-state index in [1.807, 2.05) is 0 Å². The Hall–Kier alpha value is -1.83. The van der Waals surface area contributed by atoms with Gasteiger partial charge in [-0.25, -0.2) is 13.8 Å². The van der Waals surface area contributed by atoms with Crippen LogP contribution < -0.4 is 4.90 Å². The number of aryl methyl sites for hydroxylation is 1. The number of hydrogen-bond donors (Lipinski definition) is 1. The molecule has 1 aromatic rings. The number of nitrogens with zero attached hydrogens (tertiary/aromatic N) is 3. The lowest BCUT2D eigenvalue weighted by Crippen LogP contribution is -2.32. The molecule has 100 valence electrons. The van der Waals surface area contributed by atoms with Crippen molar-refractivity contribution in [3.05, 3.63) is 27.9 Å². The Morgan fingerprint density at radius 1 is 1.61 bits per heavy atom. The van der Waals surface area contributed by atoms with E-state index < -0.39 is 17.9 Å². The van der Waals surface area contributed by atoms with Gasteiger partial charge in [0.1, 0.15) is 5.82 Å². The van der Waals surface area contributed by atoms with E-state index in [4.69, 9.17) is 5.11 Å². The zero-order valence-corrected chi connectivity index (χ0v) is 9.71. The molecule has 18 heavy (non-hydrogen) atoms. The highest BCUT2D eigenvalue weighted by Gasteiger charge is 2.18. The minimum Gasteiger partial charge on any atom is -0.395 e. The van der Waals surface area contributed by atoms with E-state index >= 15 is 0 Å². The highest BCUT2D eigenvalue weighted by Crippen LogP contribution is 2.22. The number of alkyl halides is 2. The van der Waals surface area contributed by atoms with Crippen LogP contribution in [-0.4, -0.2) is 41.1 Å². The summed E-state index contributed by atoms with van der Waals surface area (Å²) in [7, 11) is 0. The second-order valence-electron chi connectivity index (χ2n) is 3.65. The number of hydrogen-bond acceptors (Lipinski definition) is 5. The van der Waals surface area contributed by atoms with Crippen molar-refractivity contribution in [1.82, 2.24) is 4.98 Å². The van der Waals surface area contributed by atoms with Crippen molar-refractivity contribution >= 4 is 11.5 Å². The predicted molar refractivity (Wildman–Crippen MR) is 60.9 cm³/mol. The summed E-state index contributed by atoms with van der Waals surface area (Å²) in [6.45, 7) is 0.486. The second-order valence-corrected chi connectivity index (χ2v) is 3.65. The second kappa shape index (κ2) is 6.20. The van der Waals surface area contributed by atoms with E-state index in [9.17, 15) is 18.9 Å². The maximum absolute atomic E-state index is 12.3. The Morgan fingerprint density at radius 2 is 2.28 bits per heavy atom. The normalized spacial score (nSPS) is 10.7. The SMILES string of the molecule is Cc1cnc(N(CCO)CC(F)F)cc1[N+](=O)[O-]. The molecular weight excluding hydrogens is 248 g/mol. The van der Waals surface area contributed by atoms with Gasteiger partial charge in [-0.1, -0.05) is 0 Å². The Labute approximate surface area is 102 Å². The number of anilines is 1. The quantitative estimate of drug-likeness (QED) is 0.617. The van der Waals surface area contributed by atoms with Crippen molar-refractivity contribution in [3.63, 3.8) is 0 Å². The standard InChI is InChI=1S/C10H13F2N3O3/c1-7-5-13-10(4-8(7)15(17)18)14(2-3-16)6-9(11)12/h4-5,9,16H,2-3,6H2,1H3. The summed E-state index contributed by atoms with van der Waals surface area (Å²) in [6.07, 6.45) is -1.36. The lowest BCUT2D eigenvalue weighted by Gasteiger charge is -2.22. The van der Waals surface area contributed by atoms with Crippen molar-refractivity contribution in [2.75, 3.05) is 24.6 Å². The van der Waals surface area contributed by atoms with Crippen LogP contribution in [0.2, 0.25) is 0 Å². The van der Waals surface area contributed by atoms with Gasteiger partial charge in [-0.15, -0.1) is 0 Å². The Balaban J connectivity index is 3.04. The molecule has 0 fully saturated rings. The third kappa shape index (κ3) is 3.59. The zero-order chi connectivity index (χ0) is 13.7. The highest BCUT2D eigenvalue weighted by molar-refractivity contribution is 5.50. The number of pyridine rings is 1. The summed E-state index contributed by atoms with van der Waals surface area (Å²) >= 11 is 0. The molecule has 1 N–H and O–H groups in total. The fourth-order valence-corrected chi connectivity index (χ4v) is 1.46. The van der Waals surface area contributed by atoms with Crippen molar-refractivity contribution in [2.24, 2.45) is 0 Å². The third-order valence-corrected chi connectivity index (χ3v) is 2.31. The number of nitro groups is 1. The average Bonchev–Trinajstić information content (AvgIpc) is 2.28. The molecule has 0 aliphatic carbocycles. The van der Waals surface area contributed by atoms with Crippen LogP contribution in [0.5, 0.6) is 0 Å². The molecule has 0 saturated carbocycles. The number of aliphatic hydroxyl groups is 1. The minimum atomic E-state index is -2.61.